The number of hydrogen-bond donors (Lipinski definition) is 1. The molecular formula is C17H22F3NO2. The largest absolute Gasteiger partial charge is 0.392 e. The second kappa shape index (κ2) is 6.42. The highest BCUT2D eigenvalue weighted by molar-refractivity contribution is 5.19. The molecule has 1 aliphatic carbocycles. The topological polar surface area (TPSA) is 32.7 Å². The average molecular weight is 329 g/mol. The monoisotopic (exact) mass is 329 g/mol. The summed E-state index contributed by atoms with van der Waals surface area (Å²) in [5, 5.41) is 10.2. The second-order valence-electron chi connectivity index (χ2n) is 6.58. The van der Waals surface area contributed by atoms with Crippen LogP contribution in [-0.4, -0.2) is 41.9 Å². The molecule has 3 rings (SSSR count). The molecule has 23 heavy (non-hydrogen) atoms. The molecule has 2 unspecified atom stereocenters. The van der Waals surface area contributed by atoms with Crippen LogP contribution in [0.1, 0.15) is 31.7 Å². The van der Waals surface area contributed by atoms with Crippen LogP contribution in [0.3, 0.4) is 0 Å². The van der Waals surface area contributed by atoms with E-state index in [9.17, 15) is 18.3 Å². The molecular weight excluding hydrogens is 307 g/mol. The molecule has 1 saturated carbocycles. The third-order valence-corrected chi connectivity index (χ3v) is 5.35. The molecule has 3 nitrogen and oxygen atoms in total. The van der Waals surface area contributed by atoms with E-state index in [1.165, 1.54) is 0 Å². The number of hydrogen-bond acceptors (Lipinski definition) is 3. The van der Waals surface area contributed by atoms with Crippen molar-refractivity contribution in [2.24, 2.45) is 5.41 Å². The minimum Gasteiger partial charge on any atom is -0.392 e. The fourth-order valence-corrected chi connectivity index (χ4v) is 3.90. The minimum absolute atomic E-state index is 0.102. The van der Waals surface area contributed by atoms with Crippen molar-refractivity contribution >= 4 is 0 Å². The van der Waals surface area contributed by atoms with E-state index in [1.54, 1.807) is 0 Å². The van der Waals surface area contributed by atoms with Crippen molar-refractivity contribution in [2.75, 3.05) is 19.7 Å². The van der Waals surface area contributed by atoms with Crippen molar-refractivity contribution in [3.05, 3.63) is 35.1 Å². The van der Waals surface area contributed by atoms with Gasteiger partial charge in [-0.3, -0.25) is 4.90 Å². The van der Waals surface area contributed by atoms with E-state index in [1.807, 2.05) is 6.92 Å². The van der Waals surface area contributed by atoms with E-state index >= 15 is 0 Å². The Hall–Kier alpha value is -1.11. The molecule has 1 saturated heterocycles. The molecule has 0 amide bonds. The zero-order valence-electron chi connectivity index (χ0n) is 13.2. The predicted molar refractivity (Wildman–Crippen MR) is 79.3 cm³/mol. The lowest BCUT2D eigenvalue weighted by Gasteiger charge is -2.56. The van der Waals surface area contributed by atoms with Crippen LogP contribution >= 0.6 is 0 Å². The molecule has 6 heteroatoms. The van der Waals surface area contributed by atoms with Gasteiger partial charge in [0, 0.05) is 25.0 Å². The summed E-state index contributed by atoms with van der Waals surface area (Å²) in [4.78, 5) is 2.07. The first-order valence-corrected chi connectivity index (χ1v) is 8.11. The Labute approximate surface area is 134 Å². The van der Waals surface area contributed by atoms with E-state index in [2.05, 4.69) is 4.90 Å². The van der Waals surface area contributed by atoms with Gasteiger partial charge >= 0.3 is 0 Å². The fourth-order valence-electron chi connectivity index (χ4n) is 3.90. The van der Waals surface area contributed by atoms with Crippen LogP contribution in [0.25, 0.3) is 0 Å². The van der Waals surface area contributed by atoms with E-state index in [0.717, 1.165) is 38.1 Å². The zero-order chi connectivity index (χ0) is 16.6. The lowest BCUT2D eigenvalue weighted by molar-refractivity contribution is -0.209. The number of rotatable bonds is 4. The van der Waals surface area contributed by atoms with Crippen LogP contribution in [0.5, 0.6) is 0 Å². The number of likely N-dealkylation sites (tertiary alicyclic amines) is 1. The summed E-state index contributed by atoms with van der Waals surface area (Å²) >= 11 is 0. The summed E-state index contributed by atoms with van der Waals surface area (Å²) in [5.74, 6) is -3.73. The van der Waals surface area contributed by atoms with Crippen LogP contribution in [0.15, 0.2) is 12.1 Å². The lowest BCUT2D eigenvalue weighted by Crippen LogP contribution is -2.62. The molecule has 128 valence electrons. The van der Waals surface area contributed by atoms with Gasteiger partial charge < -0.3 is 9.84 Å². The summed E-state index contributed by atoms with van der Waals surface area (Å²) in [7, 11) is 0. The van der Waals surface area contributed by atoms with E-state index in [-0.39, 0.29) is 17.6 Å². The van der Waals surface area contributed by atoms with Gasteiger partial charge in [-0.2, -0.15) is 0 Å². The summed E-state index contributed by atoms with van der Waals surface area (Å²) in [6.45, 7) is 4.41. The van der Waals surface area contributed by atoms with Gasteiger partial charge in [-0.15, -0.1) is 0 Å². The smallest absolute Gasteiger partial charge is 0.194 e. The maximum absolute atomic E-state index is 13.3. The summed E-state index contributed by atoms with van der Waals surface area (Å²) in [6.07, 6.45) is 2.05. The second-order valence-corrected chi connectivity index (χ2v) is 6.58. The number of ether oxygens (including phenoxy) is 1. The average Bonchev–Trinajstić information content (AvgIpc) is 2.53. The van der Waals surface area contributed by atoms with Crippen molar-refractivity contribution in [3.8, 4) is 0 Å². The lowest BCUT2D eigenvalue weighted by atomic mass is 9.58. The standard InChI is InChI=1S/C17H22F3NO2/c1-2-23-15-9-14(22)17(15)3-5-21(6-4-17)10-11-7-12(18)16(20)13(19)8-11/h7-8,14-15,22H,2-6,9-10H2,1H3. The molecule has 1 spiro atoms. The van der Waals surface area contributed by atoms with Crippen LogP contribution in [-0.2, 0) is 11.3 Å². The Bertz CT molecular complexity index is 548. The first-order chi connectivity index (χ1) is 11.0. The summed E-state index contributed by atoms with van der Waals surface area (Å²) < 4.78 is 45.3. The minimum atomic E-state index is -1.43. The molecule has 1 N–H and O–H groups in total. The number of aliphatic hydroxyl groups excluding tert-OH is 1. The highest BCUT2D eigenvalue weighted by atomic mass is 19.2. The summed E-state index contributed by atoms with van der Waals surface area (Å²) in [5.41, 5.74) is 0.249. The molecule has 1 aliphatic heterocycles. The van der Waals surface area contributed by atoms with Crippen molar-refractivity contribution in [1.82, 2.24) is 4.90 Å². The van der Waals surface area contributed by atoms with E-state index in [0.29, 0.717) is 25.1 Å². The van der Waals surface area contributed by atoms with Gasteiger partial charge in [-0.25, -0.2) is 13.2 Å². The van der Waals surface area contributed by atoms with E-state index < -0.39 is 17.5 Å². The molecule has 2 atom stereocenters. The fraction of sp³-hybridized carbons (Fsp3) is 0.647. The van der Waals surface area contributed by atoms with Crippen molar-refractivity contribution < 1.29 is 23.0 Å². The zero-order valence-corrected chi connectivity index (χ0v) is 13.2. The number of piperidine rings is 1. The van der Waals surface area contributed by atoms with Gasteiger partial charge in [-0.05, 0) is 50.6 Å². The normalized spacial score (nSPS) is 27.2. The Morgan fingerprint density at radius 1 is 1.22 bits per heavy atom. The van der Waals surface area contributed by atoms with Crippen LogP contribution in [0, 0.1) is 22.9 Å². The van der Waals surface area contributed by atoms with Gasteiger partial charge in [0.1, 0.15) is 0 Å². The first kappa shape index (κ1) is 16.7. The maximum Gasteiger partial charge on any atom is 0.194 e. The Morgan fingerprint density at radius 3 is 2.35 bits per heavy atom. The third kappa shape index (κ3) is 2.99. The van der Waals surface area contributed by atoms with Gasteiger partial charge in [0.05, 0.1) is 12.2 Å². The van der Waals surface area contributed by atoms with Gasteiger partial charge in [0.15, 0.2) is 17.5 Å². The molecule has 0 radical (unpaired) electrons. The van der Waals surface area contributed by atoms with Crippen molar-refractivity contribution in [1.29, 1.82) is 0 Å². The number of halogens is 3. The van der Waals surface area contributed by atoms with Crippen molar-refractivity contribution in [2.45, 2.75) is 44.9 Å². The van der Waals surface area contributed by atoms with Crippen LogP contribution < -0.4 is 0 Å². The van der Waals surface area contributed by atoms with E-state index in [4.69, 9.17) is 4.74 Å². The quantitative estimate of drug-likeness (QED) is 0.862. The van der Waals surface area contributed by atoms with Gasteiger partial charge in [0.25, 0.3) is 0 Å². The highest BCUT2D eigenvalue weighted by Gasteiger charge is 2.55. The first-order valence-electron chi connectivity index (χ1n) is 8.11. The Kier molecular flexibility index (Phi) is 4.67. The third-order valence-electron chi connectivity index (χ3n) is 5.35. The molecule has 0 aromatic heterocycles. The Morgan fingerprint density at radius 2 is 1.83 bits per heavy atom. The van der Waals surface area contributed by atoms with Gasteiger partial charge in [-0.1, -0.05) is 0 Å². The highest BCUT2D eigenvalue weighted by Crippen LogP contribution is 2.51. The molecule has 2 fully saturated rings. The van der Waals surface area contributed by atoms with Crippen LogP contribution in [0.4, 0.5) is 13.2 Å². The molecule has 2 aliphatic rings. The predicted octanol–water partition coefficient (Wildman–Crippen LogP) is 2.86. The van der Waals surface area contributed by atoms with Crippen LogP contribution in [0.2, 0.25) is 0 Å². The molecule has 1 heterocycles. The Balaban J connectivity index is 1.61. The molecule has 1 aromatic rings. The maximum atomic E-state index is 13.3. The molecule has 0 bridgehead atoms. The number of aliphatic hydroxyl groups is 1. The number of nitrogens with zero attached hydrogens (tertiary/aromatic N) is 1. The number of benzene rings is 1. The SMILES string of the molecule is CCOC1CC(O)C12CCN(Cc1cc(F)c(F)c(F)c1)CC2. The van der Waals surface area contributed by atoms with Gasteiger partial charge in [0.2, 0.25) is 0 Å². The molecule has 1 aromatic carbocycles. The van der Waals surface area contributed by atoms with Crippen molar-refractivity contribution in [3.63, 3.8) is 0 Å². The summed E-state index contributed by atoms with van der Waals surface area (Å²) in [6, 6.07) is 2.09.